The van der Waals surface area contributed by atoms with E-state index in [0.717, 1.165) is 51.5 Å². The van der Waals surface area contributed by atoms with Crippen LogP contribution in [0.15, 0.2) is 42.5 Å². The molecule has 0 N–H and O–H groups in total. The number of benzene rings is 2. The number of hydrogen-bond acceptors (Lipinski definition) is 4. The second kappa shape index (κ2) is 9.40. The molecule has 2 aliphatic heterocycles. The molecule has 1 saturated heterocycles. The largest absolute Gasteiger partial charge is 0.493 e. The molecule has 2 aromatic rings. The van der Waals surface area contributed by atoms with Crippen molar-refractivity contribution in [3.63, 3.8) is 0 Å². The minimum atomic E-state index is 0.613. The molecule has 0 amide bonds. The fourth-order valence-electron chi connectivity index (χ4n) is 4.81. The van der Waals surface area contributed by atoms with Gasteiger partial charge in [0, 0.05) is 63.5 Å². The Morgan fingerprint density at radius 3 is 2.20 bits per heavy atom. The normalized spacial score (nSPS) is 17.1. The lowest BCUT2D eigenvalue weighted by molar-refractivity contribution is 0.140. The quantitative estimate of drug-likeness (QED) is 0.671. The van der Waals surface area contributed by atoms with E-state index in [1.165, 1.54) is 28.9 Å². The van der Waals surface area contributed by atoms with Gasteiger partial charge in [0.1, 0.15) is 5.75 Å². The summed E-state index contributed by atoms with van der Waals surface area (Å²) in [6.07, 6.45) is 1.04. The molecule has 0 atom stereocenters. The van der Waals surface area contributed by atoms with E-state index in [1.807, 2.05) is 0 Å². The van der Waals surface area contributed by atoms with Crippen LogP contribution < -0.4 is 9.64 Å². The molecule has 4 rings (SSSR count). The minimum Gasteiger partial charge on any atom is -0.493 e. The number of nitrogens with zero attached hydrogens (tertiary/aromatic N) is 3. The number of fused-ring (bicyclic) bond motifs is 1. The molecule has 2 heterocycles. The first kappa shape index (κ1) is 21.2. The second-order valence-corrected chi connectivity index (χ2v) is 9.22. The number of hydrogen-bond donors (Lipinski definition) is 0. The third-order valence-corrected chi connectivity index (χ3v) is 6.64. The molecule has 0 spiro atoms. The highest BCUT2D eigenvalue weighted by atomic mass is 16.5. The van der Waals surface area contributed by atoms with Gasteiger partial charge in [-0.1, -0.05) is 24.3 Å². The highest BCUT2D eigenvalue weighted by molar-refractivity contribution is 5.68. The van der Waals surface area contributed by atoms with Crippen LogP contribution in [0.2, 0.25) is 0 Å². The summed E-state index contributed by atoms with van der Waals surface area (Å²) in [6.45, 7) is 16.9. The monoisotopic (exact) mass is 407 g/mol. The molecular weight excluding hydrogens is 370 g/mol. The smallest absolute Gasteiger partial charge is 0.123 e. The molecule has 162 valence electrons. The van der Waals surface area contributed by atoms with E-state index in [-0.39, 0.29) is 0 Å². The minimum absolute atomic E-state index is 0.613. The second-order valence-electron chi connectivity index (χ2n) is 9.22. The fourth-order valence-corrected chi connectivity index (χ4v) is 4.81. The maximum atomic E-state index is 5.73. The maximum absolute atomic E-state index is 5.73. The first-order valence-electron chi connectivity index (χ1n) is 11.6. The van der Waals surface area contributed by atoms with Crippen molar-refractivity contribution < 1.29 is 4.74 Å². The van der Waals surface area contributed by atoms with Gasteiger partial charge >= 0.3 is 0 Å². The molecule has 30 heavy (non-hydrogen) atoms. The van der Waals surface area contributed by atoms with Crippen molar-refractivity contribution in [2.24, 2.45) is 0 Å². The van der Waals surface area contributed by atoms with Gasteiger partial charge in [0.2, 0.25) is 0 Å². The van der Waals surface area contributed by atoms with Crippen molar-refractivity contribution in [3.05, 3.63) is 48.0 Å². The summed E-state index contributed by atoms with van der Waals surface area (Å²) in [5, 5.41) is 0. The summed E-state index contributed by atoms with van der Waals surface area (Å²) in [5.41, 5.74) is 5.17. The van der Waals surface area contributed by atoms with Gasteiger partial charge in [-0.3, -0.25) is 9.80 Å². The molecule has 4 nitrogen and oxygen atoms in total. The predicted octanol–water partition coefficient (Wildman–Crippen LogP) is 4.53. The first-order valence-corrected chi connectivity index (χ1v) is 11.6. The van der Waals surface area contributed by atoms with Gasteiger partial charge in [0.05, 0.1) is 6.61 Å². The Bertz CT molecular complexity index is 815. The summed E-state index contributed by atoms with van der Waals surface area (Å²) in [5.74, 6) is 1.06. The van der Waals surface area contributed by atoms with Gasteiger partial charge in [-0.05, 0) is 62.6 Å². The van der Waals surface area contributed by atoms with E-state index >= 15 is 0 Å². The molecule has 2 aromatic carbocycles. The van der Waals surface area contributed by atoms with E-state index in [2.05, 4.69) is 84.9 Å². The van der Waals surface area contributed by atoms with E-state index in [0.29, 0.717) is 12.1 Å². The molecule has 1 fully saturated rings. The molecule has 0 aromatic heterocycles. The van der Waals surface area contributed by atoms with Crippen LogP contribution in [0.5, 0.6) is 5.75 Å². The first-order chi connectivity index (χ1) is 14.5. The van der Waals surface area contributed by atoms with E-state index < -0.39 is 0 Å². The Hall–Kier alpha value is -2.04. The van der Waals surface area contributed by atoms with E-state index in [4.69, 9.17) is 4.74 Å². The van der Waals surface area contributed by atoms with Crippen molar-refractivity contribution in [1.82, 2.24) is 9.80 Å². The van der Waals surface area contributed by atoms with Crippen molar-refractivity contribution in [3.8, 4) is 16.9 Å². The number of piperazine rings is 1. The Kier molecular flexibility index (Phi) is 6.64. The third-order valence-electron chi connectivity index (χ3n) is 6.64. The van der Waals surface area contributed by atoms with Crippen LogP contribution in [0.4, 0.5) is 5.69 Å². The Labute approximate surface area is 182 Å². The fraction of sp³-hybridized carbons (Fsp3) is 0.538. The van der Waals surface area contributed by atoms with Crippen molar-refractivity contribution in [2.45, 2.75) is 46.2 Å². The van der Waals surface area contributed by atoms with Crippen LogP contribution in [0.1, 0.15) is 33.3 Å². The zero-order valence-electron chi connectivity index (χ0n) is 19.1. The SMILES string of the molecule is CC(C)N(CCN1CCN(c2ccc(-c3ccc4c(c3)OCC4)cc2)CC1)C(C)C. The van der Waals surface area contributed by atoms with E-state index in [9.17, 15) is 0 Å². The lowest BCUT2D eigenvalue weighted by atomic mass is 10.0. The maximum Gasteiger partial charge on any atom is 0.123 e. The van der Waals surface area contributed by atoms with Crippen molar-refractivity contribution in [2.75, 3.05) is 50.8 Å². The molecular formula is C26H37N3O. The molecule has 0 unspecified atom stereocenters. The number of rotatable bonds is 7. The number of ether oxygens (including phenoxy) is 1. The highest BCUT2D eigenvalue weighted by Crippen LogP contribution is 2.32. The summed E-state index contributed by atoms with van der Waals surface area (Å²) in [6, 6.07) is 16.9. The Morgan fingerprint density at radius 1 is 0.867 bits per heavy atom. The lowest BCUT2D eigenvalue weighted by Gasteiger charge is -2.38. The van der Waals surface area contributed by atoms with Crippen molar-refractivity contribution in [1.29, 1.82) is 0 Å². The van der Waals surface area contributed by atoms with Crippen LogP contribution in [-0.4, -0.2) is 67.8 Å². The standard InChI is InChI=1S/C26H37N3O/c1-20(2)29(21(3)4)17-14-27-12-15-28(16-13-27)25-9-7-22(8-10-25)24-6-5-23-11-18-30-26(23)19-24/h5-10,19-21H,11-18H2,1-4H3. The summed E-state index contributed by atoms with van der Waals surface area (Å²) in [4.78, 5) is 7.73. The third kappa shape index (κ3) is 4.81. The van der Waals surface area contributed by atoms with Gasteiger partial charge < -0.3 is 9.64 Å². The molecule has 0 saturated carbocycles. The Morgan fingerprint density at radius 2 is 1.53 bits per heavy atom. The summed E-state index contributed by atoms with van der Waals surface area (Å²) < 4.78 is 5.73. The number of anilines is 1. The van der Waals surface area contributed by atoms with Gasteiger partial charge in [-0.2, -0.15) is 0 Å². The summed E-state index contributed by atoms with van der Waals surface area (Å²) in [7, 11) is 0. The van der Waals surface area contributed by atoms with Gasteiger partial charge in [-0.25, -0.2) is 0 Å². The van der Waals surface area contributed by atoms with Crippen LogP contribution in [0, 0.1) is 0 Å². The van der Waals surface area contributed by atoms with Gasteiger partial charge in [0.15, 0.2) is 0 Å². The zero-order valence-corrected chi connectivity index (χ0v) is 19.1. The average Bonchev–Trinajstić information content (AvgIpc) is 3.22. The molecule has 0 radical (unpaired) electrons. The predicted molar refractivity (Wildman–Crippen MR) is 127 cm³/mol. The zero-order chi connectivity index (χ0) is 21.1. The molecule has 0 bridgehead atoms. The van der Waals surface area contributed by atoms with Crippen LogP contribution >= 0.6 is 0 Å². The van der Waals surface area contributed by atoms with Gasteiger partial charge in [-0.15, -0.1) is 0 Å². The van der Waals surface area contributed by atoms with Crippen LogP contribution in [0.3, 0.4) is 0 Å². The van der Waals surface area contributed by atoms with Crippen molar-refractivity contribution >= 4 is 5.69 Å². The van der Waals surface area contributed by atoms with Crippen LogP contribution in [0.25, 0.3) is 11.1 Å². The van der Waals surface area contributed by atoms with E-state index in [1.54, 1.807) is 0 Å². The van der Waals surface area contributed by atoms with Gasteiger partial charge in [0.25, 0.3) is 0 Å². The molecule has 0 aliphatic carbocycles. The lowest BCUT2D eigenvalue weighted by Crippen LogP contribution is -2.50. The average molecular weight is 408 g/mol. The summed E-state index contributed by atoms with van der Waals surface area (Å²) >= 11 is 0. The highest BCUT2D eigenvalue weighted by Gasteiger charge is 2.20. The Balaban J connectivity index is 1.31. The van der Waals surface area contributed by atoms with Crippen LogP contribution in [-0.2, 0) is 6.42 Å². The topological polar surface area (TPSA) is 19.0 Å². The molecule has 4 heteroatoms. The molecule has 2 aliphatic rings.